The fraction of sp³-hybridized carbons (Fsp3) is 0.882. The van der Waals surface area contributed by atoms with E-state index in [1.54, 1.807) is 0 Å². The smallest absolute Gasteiger partial charge is 0.0472 e. The van der Waals surface area contributed by atoms with Gasteiger partial charge in [0, 0.05) is 13.2 Å². The van der Waals surface area contributed by atoms with Gasteiger partial charge in [-0.05, 0) is 134 Å². The second-order valence-electron chi connectivity index (χ2n) is 18.0. The van der Waals surface area contributed by atoms with Gasteiger partial charge in [0.1, 0.15) is 0 Å². The maximum Gasteiger partial charge on any atom is 0.0472 e. The molecule has 0 aliphatic heterocycles. The van der Waals surface area contributed by atoms with Gasteiger partial charge in [0.25, 0.3) is 0 Å². The molecule has 0 amide bonds. The molecule has 0 saturated carbocycles. The standard InChI is InChI=1S/C34H78OS3/c1-18-21-27-36(9,10,11)29-33(7,19-2)38(15,16,17)30-34(8,20-3)37(12,13,14)28-23-26-35-25-22-24-32(6)31(4)5/h36-38H,4,6,18-30H2,1-3,5,7-17H3. The van der Waals surface area contributed by atoms with E-state index in [-0.39, 0.29) is 0 Å². The maximum absolute atomic E-state index is 6.10. The molecule has 0 saturated heterocycles. The van der Waals surface area contributed by atoms with Gasteiger partial charge in [-0.3, -0.25) is 27.5 Å². The van der Waals surface area contributed by atoms with E-state index in [9.17, 15) is 0 Å². The molecular weight excluding hydrogens is 521 g/mol. The molecular formula is C34H78OS3. The van der Waals surface area contributed by atoms with Crippen LogP contribution in [0.2, 0.25) is 0 Å². The molecule has 0 N–H and O–H groups in total. The first-order valence-corrected chi connectivity index (χ1v) is 27.1. The summed E-state index contributed by atoms with van der Waals surface area (Å²) in [6, 6.07) is 0. The first-order chi connectivity index (χ1) is 16.7. The lowest BCUT2D eigenvalue weighted by atomic mass is 10.1. The Morgan fingerprint density at radius 2 is 1.13 bits per heavy atom. The topological polar surface area (TPSA) is 9.23 Å². The quantitative estimate of drug-likeness (QED) is 0.0719. The summed E-state index contributed by atoms with van der Waals surface area (Å²) in [5.74, 6) is 5.65. The summed E-state index contributed by atoms with van der Waals surface area (Å²) >= 11 is 0. The zero-order valence-corrected chi connectivity index (χ0v) is 32.0. The maximum atomic E-state index is 6.10. The number of thiol groups is 3. The molecule has 4 heteroatoms. The first kappa shape index (κ1) is 38.5. The average Bonchev–Trinajstić information content (AvgIpc) is 2.74. The van der Waals surface area contributed by atoms with Crippen molar-refractivity contribution in [2.24, 2.45) is 0 Å². The number of hydrogen-bond donors (Lipinski definition) is 3. The van der Waals surface area contributed by atoms with E-state index in [0.29, 0.717) is 9.49 Å². The normalized spacial score (nSPS) is 19.6. The number of rotatable bonds is 20. The molecule has 0 bridgehead atoms. The summed E-state index contributed by atoms with van der Waals surface area (Å²) in [5.41, 5.74) is 2.27. The molecule has 0 fully saturated rings. The molecule has 0 heterocycles. The fourth-order valence-electron chi connectivity index (χ4n) is 7.08. The Balaban J connectivity index is 5.73. The molecule has 0 aliphatic rings. The van der Waals surface area contributed by atoms with Gasteiger partial charge in [0.15, 0.2) is 0 Å². The highest BCUT2D eigenvalue weighted by atomic mass is 32.3. The Labute approximate surface area is 244 Å². The Morgan fingerprint density at radius 3 is 1.58 bits per heavy atom. The van der Waals surface area contributed by atoms with Gasteiger partial charge in [-0.2, -0.15) is 0 Å². The van der Waals surface area contributed by atoms with Crippen molar-refractivity contribution in [1.29, 1.82) is 0 Å². The van der Waals surface area contributed by atoms with E-state index in [0.717, 1.165) is 37.2 Å². The number of allylic oxidation sites excluding steroid dienone is 2. The summed E-state index contributed by atoms with van der Waals surface area (Å²) in [6.45, 7) is 24.6. The van der Waals surface area contributed by atoms with Gasteiger partial charge in [0.05, 0.1) is 0 Å². The number of ether oxygens (including phenoxy) is 1. The van der Waals surface area contributed by atoms with E-state index in [2.05, 4.69) is 104 Å². The zero-order valence-electron chi connectivity index (χ0n) is 29.4. The van der Waals surface area contributed by atoms with Crippen molar-refractivity contribution in [1.82, 2.24) is 0 Å². The van der Waals surface area contributed by atoms with Crippen molar-refractivity contribution in [2.45, 2.75) is 96.0 Å². The highest BCUT2D eigenvalue weighted by Gasteiger charge is 2.54. The van der Waals surface area contributed by atoms with Crippen molar-refractivity contribution >= 4 is 27.5 Å². The summed E-state index contributed by atoms with van der Waals surface area (Å²) in [4.78, 5) is 0. The van der Waals surface area contributed by atoms with Gasteiger partial charge in [-0.15, -0.1) is 0 Å². The van der Waals surface area contributed by atoms with E-state index < -0.39 is 27.5 Å². The van der Waals surface area contributed by atoms with Crippen LogP contribution in [0.5, 0.6) is 0 Å². The lowest BCUT2D eigenvalue weighted by Gasteiger charge is -2.76. The molecule has 0 aliphatic carbocycles. The molecule has 0 rings (SSSR count). The predicted molar refractivity (Wildman–Crippen MR) is 201 cm³/mol. The molecule has 238 valence electrons. The average molecular weight is 599 g/mol. The minimum absolute atomic E-state index is 0.395. The summed E-state index contributed by atoms with van der Waals surface area (Å²) < 4.78 is 6.93. The molecule has 1 nitrogen and oxygen atoms in total. The SMILES string of the molecule is C=C(C)C(=C)CCCOCCC[SH](C)(C)(C)C(C)(CC)C[SH](C)(C)(C)C(C)(CC)C[SH](C)(C)(C)CCCC. The third-order valence-corrected chi connectivity index (χ3v) is 28.3. The number of unbranched alkanes of at least 4 members (excludes halogenated alkanes) is 1. The van der Waals surface area contributed by atoms with Gasteiger partial charge >= 0.3 is 0 Å². The van der Waals surface area contributed by atoms with Crippen LogP contribution in [-0.4, -0.2) is 102 Å². The lowest BCUT2D eigenvalue weighted by Crippen LogP contribution is -2.55. The minimum atomic E-state index is -2.04. The van der Waals surface area contributed by atoms with Crippen LogP contribution in [0.4, 0.5) is 0 Å². The van der Waals surface area contributed by atoms with Crippen LogP contribution < -0.4 is 0 Å². The van der Waals surface area contributed by atoms with Gasteiger partial charge < -0.3 is 4.74 Å². The van der Waals surface area contributed by atoms with Crippen molar-refractivity contribution in [2.75, 3.05) is 92.5 Å². The van der Waals surface area contributed by atoms with Gasteiger partial charge in [-0.1, -0.05) is 65.3 Å². The molecule has 0 aromatic rings. The van der Waals surface area contributed by atoms with Crippen molar-refractivity contribution in [3.63, 3.8) is 0 Å². The summed E-state index contributed by atoms with van der Waals surface area (Å²) in [6.07, 6.45) is 33.0. The van der Waals surface area contributed by atoms with Crippen molar-refractivity contribution in [3.8, 4) is 0 Å². The predicted octanol–water partition coefficient (Wildman–Crippen LogP) is 9.33. The van der Waals surface area contributed by atoms with E-state index >= 15 is 0 Å². The monoisotopic (exact) mass is 599 g/mol. The first-order valence-electron chi connectivity index (χ1n) is 15.7. The van der Waals surface area contributed by atoms with Gasteiger partial charge in [0.2, 0.25) is 0 Å². The van der Waals surface area contributed by atoms with E-state index in [1.807, 2.05) is 6.92 Å². The Bertz CT molecular complexity index is 799. The highest BCUT2D eigenvalue weighted by Crippen LogP contribution is 2.82. The van der Waals surface area contributed by atoms with Crippen LogP contribution in [0.15, 0.2) is 24.3 Å². The van der Waals surface area contributed by atoms with Crippen molar-refractivity contribution < 1.29 is 4.74 Å². The van der Waals surface area contributed by atoms with Crippen LogP contribution in [0.1, 0.15) is 86.5 Å². The fourth-order valence-corrected chi connectivity index (χ4v) is 25.8. The second kappa shape index (κ2) is 12.8. The Hall–Kier alpha value is 0.490. The van der Waals surface area contributed by atoms with Crippen LogP contribution in [0.25, 0.3) is 0 Å². The van der Waals surface area contributed by atoms with E-state index in [4.69, 9.17) is 4.74 Å². The molecule has 0 spiro atoms. The van der Waals surface area contributed by atoms with Crippen LogP contribution in [0, 0.1) is 0 Å². The molecule has 0 aromatic carbocycles. The largest absolute Gasteiger partial charge is 0.381 e. The number of hydrogen-bond acceptors (Lipinski definition) is 1. The molecule has 0 radical (unpaired) electrons. The Morgan fingerprint density at radius 1 is 0.658 bits per heavy atom. The molecule has 2 atom stereocenters. The van der Waals surface area contributed by atoms with Crippen LogP contribution in [-0.2, 0) is 4.74 Å². The zero-order chi connectivity index (χ0) is 30.4. The van der Waals surface area contributed by atoms with Gasteiger partial charge in [-0.25, -0.2) is 0 Å². The minimum Gasteiger partial charge on any atom is -0.381 e. The van der Waals surface area contributed by atoms with E-state index in [1.165, 1.54) is 55.1 Å². The van der Waals surface area contributed by atoms with Crippen molar-refractivity contribution in [3.05, 3.63) is 24.3 Å². The Kier molecular flexibility index (Phi) is 12.9. The molecule has 2 unspecified atom stereocenters. The molecule has 0 aromatic heterocycles. The lowest BCUT2D eigenvalue weighted by molar-refractivity contribution is 0.133. The summed E-state index contributed by atoms with van der Waals surface area (Å²) in [5, 5.41) is 0. The second-order valence-corrected chi connectivity index (χ2v) is 41.1. The molecule has 38 heavy (non-hydrogen) atoms. The highest BCUT2D eigenvalue weighted by molar-refractivity contribution is 8.53. The van der Waals surface area contributed by atoms with Crippen LogP contribution >= 0.6 is 27.5 Å². The van der Waals surface area contributed by atoms with Crippen LogP contribution in [0.3, 0.4) is 0 Å². The summed E-state index contributed by atoms with van der Waals surface area (Å²) in [7, 11) is -5.71. The third-order valence-electron chi connectivity index (χ3n) is 11.3. The third kappa shape index (κ3) is 10.4.